The molecule has 90 valence electrons. The Morgan fingerprint density at radius 2 is 2.12 bits per heavy atom. The van der Waals surface area contributed by atoms with Crippen LogP contribution in [0.15, 0.2) is 10.5 Å². The summed E-state index contributed by atoms with van der Waals surface area (Å²) < 4.78 is 1.46. The highest BCUT2D eigenvalue weighted by Crippen LogP contribution is 2.35. The highest BCUT2D eigenvalue weighted by atomic mass is 79.9. The van der Waals surface area contributed by atoms with Crippen LogP contribution in [0, 0.1) is 11.3 Å². The Kier molecular flexibility index (Phi) is 4.61. The van der Waals surface area contributed by atoms with Crippen molar-refractivity contribution in [1.82, 2.24) is 0 Å². The standard InChI is InChI=1S/C12H16BrClOS/c1-7(12(2,3)4)5-9(15)10-6-8(13)11(14)16-10/h6-7H,5H2,1-4H3. The van der Waals surface area contributed by atoms with Gasteiger partial charge in [-0.3, -0.25) is 4.79 Å². The number of carbonyl (C=O) groups is 1. The number of thiophene rings is 1. The van der Waals surface area contributed by atoms with Crippen LogP contribution in [0.25, 0.3) is 0 Å². The molecule has 0 bridgehead atoms. The van der Waals surface area contributed by atoms with Crippen molar-refractivity contribution in [3.63, 3.8) is 0 Å². The molecule has 0 saturated carbocycles. The van der Waals surface area contributed by atoms with Gasteiger partial charge in [-0.2, -0.15) is 0 Å². The molecule has 4 heteroatoms. The third-order valence-corrected chi connectivity index (χ3v) is 5.41. The highest BCUT2D eigenvalue weighted by Gasteiger charge is 2.24. The smallest absolute Gasteiger partial charge is 0.173 e. The molecule has 0 N–H and O–H groups in total. The molecule has 1 heterocycles. The van der Waals surface area contributed by atoms with E-state index in [1.54, 1.807) is 0 Å². The van der Waals surface area contributed by atoms with E-state index in [1.807, 2.05) is 6.07 Å². The van der Waals surface area contributed by atoms with Gasteiger partial charge in [0.1, 0.15) is 4.34 Å². The summed E-state index contributed by atoms with van der Waals surface area (Å²) in [5.74, 6) is 0.541. The Morgan fingerprint density at radius 3 is 2.50 bits per heavy atom. The van der Waals surface area contributed by atoms with E-state index in [0.29, 0.717) is 16.7 Å². The van der Waals surface area contributed by atoms with Crippen molar-refractivity contribution in [2.24, 2.45) is 11.3 Å². The predicted molar refractivity (Wildman–Crippen MR) is 74.6 cm³/mol. The monoisotopic (exact) mass is 322 g/mol. The Hall–Kier alpha value is 0.140. The van der Waals surface area contributed by atoms with Crippen molar-refractivity contribution >= 4 is 44.7 Å². The molecule has 1 aromatic rings. The second-order valence-corrected chi connectivity index (χ2v) is 7.64. The molecule has 1 atom stereocenters. The van der Waals surface area contributed by atoms with Crippen molar-refractivity contribution in [3.05, 3.63) is 19.8 Å². The minimum absolute atomic E-state index is 0.161. The first-order valence-electron chi connectivity index (χ1n) is 5.20. The van der Waals surface area contributed by atoms with Gasteiger partial charge in [-0.1, -0.05) is 39.3 Å². The minimum atomic E-state index is 0.161. The van der Waals surface area contributed by atoms with E-state index in [-0.39, 0.29) is 11.2 Å². The normalized spacial score (nSPS) is 13.9. The Bertz CT molecular complexity index is 373. The molecule has 0 amide bonds. The second-order valence-electron chi connectivity index (χ2n) is 5.13. The molecule has 0 spiro atoms. The van der Waals surface area contributed by atoms with E-state index in [4.69, 9.17) is 11.6 Å². The van der Waals surface area contributed by atoms with Crippen LogP contribution in [-0.2, 0) is 0 Å². The van der Waals surface area contributed by atoms with Gasteiger partial charge in [-0.15, -0.1) is 11.3 Å². The molecule has 0 aliphatic heterocycles. The number of hydrogen-bond donors (Lipinski definition) is 0. The maximum atomic E-state index is 12.0. The number of rotatable bonds is 3. The first-order valence-corrected chi connectivity index (χ1v) is 7.18. The van der Waals surface area contributed by atoms with Gasteiger partial charge >= 0.3 is 0 Å². The topological polar surface area (TPSA) is 17.1 Å². The van der Waals surface area contributed by atoms with Gasteiger partial charge in [0.05, 0.1) is 4.88 Å². The van der Waals surface area contributed by atoms with E-state index in [2.05, 4.69) is 43.6 Å². The van der Waals surface area contributed by atoms with Gasteiger partial charge in [0.2, 0.25) is 0 Å². The molecule has 1 unspecified atom stereocenters. The van der Waals surface area contributed by atoms with E-state index in [9.17, 15) is 4.79 Å². The molecule has 0 radical (unpaired) electrons. The molecule has 0 saturated heterocycles. The quantitative estimate of drug-likeness (QED) is 0.679. The summed E-state index contributed by atoms with van der Waals surface area (Å²) in [6.45, 7) is 8.58. The molecule has 0 aromatic carbocycles. The van der Waals surface area contributed by atoms with Crippen molar-refractivity contribution in [2.75, 3.05) is 0 Å². The summed E-state index contributed by atoms with van der Waals surface area (Å²) in [5, 5.41) is 0. The zero-order valence-electron chi connectivity index (χ0n) is 9.93. The van der Waals surface area contributed by atoms with Gasteiger partial charge < -0.3 is 0 Å². The summed E-state index contributed by atoms with van der Waals surface area (Å²) >= 11 is 10.6. The molecule has 0 fully saturated rings. The predicted octanol–water partition coefficient (Wildman–Crippen LogP) is 5.42. The lowest BCUT2D eigenvalue weighted by molar-refractivity contribution is 0.0931. The third-order valence-electron chi connectivity index (χ3n) is 2.89. The van der Waals surface area contributed by atoms with Gasteiger partial charge in [0.25, 0.3) is 0 Å². The van der Waals surface area contributed by atoms with Crippen LogP contribution in [0.1, 0.15) is 43.8 Å². The van der Waals surface area contributed by atoms with Crippen LogP contribution in [0.4, 0.5) is 0 Å². The van der Waals surface area contributed by atoms with Crippen molar-refractivity contribution < 1.29 is 4.79 Å². The molecule has 0 aliphatic rings. The van der Waals surface area contributed by atoms with Crippen LogP contribution in [0.2, 0.25) is 4.34 Å². The fourth-order valence-electron chi connectivity index (χ4n) is 1.17. The van der Waals surface area contributed by atoms with Crippen LogP contribution in [0.5, 0.6) is 0 Å². The van der Waals surface area contributed by atoms with Crippen LogP contribution < -0.4 is 0 Å². The van der Waals surface area contributed by atoms with Crippen LogP contribution in [0.3, 0.4) is 0 Å². The lowest BCUT2D eigenvalue weighted by atomic mass is 9.79. The fraction of sp³-hybridized carbons (Fsp3) is 0.583. The number of halogens is 2. The number of ketones is 1. The number of Topliss-reactive ketones (excluding diaryl/α,β-unsaturated/α-hetero) is 1. The fourth-order valence-corrected chi connectivity index (χ4v) is 2.82. The third kappa shape index (κ3) is 3.57. The lowest BCUT2D eigenvalue weighted by Crippen LogP contribution is -2.20. The Labute approximate surface area is 114 Å². The number of hydrogen-bond acceptors (Lipinski definition) is 2. The van der Waals surface area contributed by atoms with E-state index in [0.717, 1.165) is 9.35 Å². The van der Waals surface area contributed by atoms with Crippen molar-refractivity contribution in [2.45, 2.75) is 34.1 Å². The summed E-state index contributed by atoms with van der Waals surface area (Å²) in [4.78, 5) is 12.7. The first kappa shape index (κ1) is 14.2. The minimum Gasteiger partial charge on any atom is -0.293 e. The molecular weight excluding hydrogens is 308 g/mol. The van der Waals surface area contributed by atoms with E-state index < -0.39 is 0 Å². The van der Waals surface area contributed by atoms with Crippen LogP contribution >= 0.6 is 38.9 Å². The molecule has 16 heavy (non-hydrogen) atoms. The molecule has 1 rings (SSSR count). The number of carbonyl (C=O) groups excluding carboxylic acids is 1. The highest BCUT2D eigenvalue weighted by molar-refractivity contribution is 9.10. The van der Waals surface area contributed by atoms with Crippen molar-refractivity contribution in [3.8, 4) is 0 Å². The van der Waals surface area contributed by atoms with Gasteiger partial charge in [-0.05, 0) is 33.3 Å². The van der Waals surface area contributed by atoms with E-state index >= 15 is 0 Å². The second kappa shape index (κ2) is 5.19. The van der Waals surface area contributed by atoms with Gasteiger partial charge in [-0.25, -0.2) is 0 Å². The van der Waals surface area contributed by atoms with Crippen LogP contribution in [-0.4, -0.2) is 5.78 Å². The SMILES string of the molecule is CC(CC(=O)c1cc(Br)c(Cl)s1)C(C)(C)C. The Balaban J connectivity index is 2.73. The average Bonchev–Trinajstić information content (AvgIpc) is 2.45. The largest absolute Gasteiger partial charge is 0.293 e. The van der Waals surface area contributed by atoms with E-state index in [1.165, 1.54) is 11.3 Å². The molecular formula is C12H16BrClOS. The molecule has 0 aliphatic carbocycles. The zero-order chi connectivity index (χ0) is 12.5. The first-order chi connectivity index (χ1) is 7.21. The summed E-state index contributed by atoms with van der Waals surface area (Å²) in [5.41, 5.74) is 0.161. The molecule has 1 nitrogen and oxygen atoms in total. The summed E-state index contributed by atoms with van der Waals surface area (Å²) in [6.07, 6.45) is 0.576. The molecule has 1 aromatic heterocycles. The van der Waals surface area contributed by atoms with Crippen molar-refractivity contribution in [1.29, 1.82) is 0 Å². The maximum absolute atomic E-state index is 12.0. The van der Waals surface area contributed by atoms with Gasteiger partial charge in [0, 0.05) is 10.9 Å². The summed E-state index contributed by atoms with van der Waals surface area (Å²) in [6, 6.07) is 1.81. The maximum Gasteiger partial charge on any atom is 0.173 e. The summed E-state index contributed by atoms with van der Waals surface area (Å²) in [7, 11) is 0. The zero-order valence-corrected chi connectivity index (χ0v) is 13.1. The average molecular weight is 324 g/mol. The van der Waals surface area contributed by atoms with Gasteiger partial charge in [0.15, 0.2) is 5.78 Å². The Morgan fingerprint density at radius 1 is 1.56 bits per heavy atom. The lowest BCUT2D eigenvalue weighted by Gasteiger charge is -2.26.